The fraction of sp³-hybridized carbons (Fsp3) is 1.00. The zero-order valence-electron chi connectivity index (χ0n) is 9.67. The van der Waals surface area contributed by atoms with E-state index in [1.54, 1.807) is 0 Å². The average molecular weight is 213 g/mol. The van der Waals surface area contributed by atoms with Crippen molar-refractivity contribution in [3.05, 3.63) is 0 Å². The smallest absolute Gasteiger partial charge is 0.0779 e. The Morgan fingerprint density at radius 1 is 1.33 bits per heavy atom. The molecule has 3 heteroatoms. The highest BCUT2D eigenvalue weighted by atomic mass is 16.5. The van der Waals surface area contributed by atoms with Crippen molar-refractivity contribution in [1.29, 1.82) is 0 Å². The van der Waals surface area contributed by atoms with Crippen LogP contribution in [0, 0.1) is 0 Å². The Balaban J connectivity index is 1.76. The van der Waals surface area contributed by atoms with Gasteiger partial charge in [-0.3, -0.25) is 0 Å². The van der Waals surface area contributed by atoms with Gasteiger partial charge >= 0.3 is 0 Å². The zero-order chi connectivity index (χ0) is 10.7. The largest absolute Gasteiger partial charge is 0.392 e. The molecule has 0 amide bonds. The normalized spacial score (nSPS) is 42.0. The summed E-state index contributed by atoms with van der Waals surface area (Å²) in [5, 5.41) is 13.3. The predicted molar refractivity (Wildman–Crippen MR) is 59.9 cm³/mol. The van der Waals surface area contributed by atoms with Crippen molar-refractivity contribution in [1.82, 2.24) is 5.32 Å². The van der Waals surface area contributed by atoms with Crippen molar-refractivity contribution in [3.8, 4) is 0 Å². The molecule has 2 N–H and O–H groups in total. The van der Waals surface area contributed by atoms with Crippen LogP contribution in [0.15, 0.2) is 0 Å². The van der Waals surface area contributed by atoms with Gasteiger partial charge in [-0.05, 0) is 32.6 Å². The number of hydrogen-bond acceptors (Lipinski definition) is 3. The third-order valence-electron chi connectivity index (χ3n) is 3.77. The Hall–Kier alpha value is -0.120. The summed E-state index contributed by atoms with van der Waals surface area (Å²) in [6.45, 7) is 3.95. The van der Waals surface area contributed by atoms with Gasteiger partial charge in [0.1, 0.15) is 0 Å². The van der Waals surface area contributed by atoms with E-state index in [1.807, 2.05) is 0 Å². The number of aliphatic hydroxyl groups excluding tert-OH is 1. The van der Waals surface area contributed by atoms with Gasteiger partial charge in [-0.15, -0.1) is 0 Å². The van der Waals surface area contributed by atoms with Crippen molar-refractivity contribution in [2.24, 2.45) is 0 Å². The maximum absolute atomic E-state index is 9.82. The minimum absolute atomic E-state index is 0.0111. The molecule has 1 saturated carbocycles. The molecule has 0 bridgehead atoms. The highest BCUT2D eigenvalue weighted by molar-refractivity contribution is 4.87. The van der Waals surface area contributed by atoms with E-state index >= 15 is 0 Å². The van der Waals surface area contributed by atoms with Gasteiger partial charge in [-0.1, -0.05) is 12.8 Å². The molecular weight excluding hydrogens is 190 g/mol. The molecule has 1 aliphatic heterocycles. The Kier molecular flexibility index (Phi) is 3.65. The number of hydrogen-bond donors (Lipinski definition) is 2. The lowest BCUT2D eigenvalue weighted by Gasteiger charge is -2.32. The number of rotatable bonds is 3. The molecule has 2 rings (SSSR count). The Morgan fingerprint density at radius 3 is 2.80 bits per heavy atom. The first kappa shape index (κ1) is 11.4. The first-order valence-corrected chi connectivity index (χ1v) is 6.25. The maximum atomic E-state index is 9.82. The van der Waals surface area contributed by atoms with E-state index in [2.05, 4.69) is 12.2 Å². The highest BCUT2D eigenvalue weighted by Gasteiger charge is 2.31. The molecule has 1 unspecified atom stereocenters. The standard InChI is InChI=1S/C12H23NO2/c1-12(7-4-8-15-12)9-13-10-5-2-3-6-11(10)14/h10-11,13-14H,2-9H2,1H3/t10-,11-,12?/m0/s1. The molecule has 2 fully saturated rings. The zero-order valence-corrected chi connectivity index (χ0v) is 9.67. The monoisotopic (exact) mass is 213 g/mol. The Bertz CT molecular complexity index is 202. The fourth-order valence-electron chi connectivity index (χ4n) is 2.67. The molecular formula is C12H23NO2. The van der Waals surface area contributed by atoms with Crippen LogP contribution >= 0.6 is 0 Å². The van der Waals surface area contributed by atoms with Gasteiger partial charge < -0.3 is 15.2 Å². The van der Waals surface area contributed by atoms with E-state index in [0.29, 0.717) is 6.04 Å². The molecule has 0 aromatic carbocycles. The van der Waals surface area contributed by atoms with Gasteiger partial charge in [0.25, 0.3) is 0 Å². The van der Waals surface area contributed by atoms with Crippen LogP contribution in [-0.2, 0) is 4.74 Å². The summed E-state index contributed by atoms with van der Waals surface area (Å²) in [6.07, 6.45) is 6.64. The van der Waals surface area contributed by atoms with E-state index in [0.717, 1.165) is 32.4 Å². The number of ether oxygens (including phenoxy) is 1. The molecule has 0 radical (unpaired) electrons. The molecule has 0 aromatic rings. The average Bonchev–Trinajstić information content (AvgIpc) is 2.65. The Labute approximate surface area is 92.2 Å². The molecule has 2 aliphatic rings. The minimum atomic E-state index is -0.149. The van der Waals surface area contributed by atoms with Crippen LogP contribution < -0.4 is 5.32 Å². The van der Waals surface area contributed by atoms with Gasteiger partial charge in [0.05, 0.1) is 11.7 Å². The van der Waals surface area contributed by atoms with Crippen LogP contribution in [0.4, 0.5) is 0 Å². The van der Waals surface area contributed by atoms with E-state index in [-0.39, 0.29) is 11.7 Å². The third kappa shape index (κ3) is 2.92. The second-order valence-electron chi connectivity index (χ2n) is 5.24. The highest BCUT2D eigenvalue weighted by Crippen LogP contribution is 2.25. The second-order valence-corrected chi connectivity index (χ2v) is 5.24. The Morgan fingerprint density at radius 2 is 2.13 bits per heavy atom. The van der Waals surface area contributed by atoms with Gasteiger partial charge in [-0.2, -0.15) is 0 Å². The summed E-state index contributed by atoms with van der Waals surface area (Å²) < 4.78 is 5.72. The van der Waals surface area contributed by atoms with Crippen LogP contribution in [0.5, 0.6) is 0 Å². The van der Waals surface area contributed by atoms with Crippen LogP contribution in [0.25, 0.3) is 0 Å². The number of aliphatic hydroxyl groups is 1. The molecule has 3 atom stereocenters. The van der Waals surface area contributed by atoms with Crippen molar-refractivity contribution in [2.45, 2.75) is 63.2 Å². The molecule has 15 heavy (non-hydrogen) atoms. The van der Waals surface area contributed by atoms with Crippen LogP contribution in [0.2, 0.25) is 0 Å². The molecule has 0 aromatic heterocycles. The van der Waals surface area contributed by atoms with Crippen molar-refractivity contribution in [3.63, 3.8) is 0 Å². The van der Waals surface area contributed by atoms with E-state index in [9.17, 15) is 5.11 Å². The molecule has 1 aliphatic carbocycles. The predicted octanol–water partition coefficient (Wildman–Crippen LogP) is 1.45. The SMILES string of the molecule is CC1(CN[C@H]2CCCC[C@@H]2O)CCCO1. The molecule has 88 valence electrons. The summed E-state index contributed by atoms with van der Waals surface area (Å²) in [5.41, 5.74) is 0.0111. The minimum Gasteiger partial charge on any atom is -0.392 e. The third-order valence-corrected chi connectivity index (χ3v) is 3.77. The second kappa shape index (κ2) is 4.81. The maximum Gasteiger partial charge on any atom is 0.0779 e. The summed E-state index contributed by atoms with van der Waals surface area (Å²) in [5.74, 6) is 0. The van der Waals surface area contributed by atoms with E-state index < -0.39 is 0 Å². The molecule has 1 saturated heterocycles. The van der Waals surface area contributed by atoms with Gasteiger partial charge in [0.15, 0.2) is 0 Å². The quantitative estimate of drug-likeness (QED) is 0.745. The first-order chi connectivity index (χ1) is 7.20. The van der Waals surface area contributed by atoms with Crippen molar-refractivity contribution >= 4 is 0 Å². The van der Waals surface area contributed by atoms with Gasteiger partial charge in [0.2, 0.25) is 0 Å². The lowest BCUT2D eigenvalue weighted by atomic mass is 9.91. The van der Waals surface area contributed by atoms with Gasteiger partial charge in [0, 0.05) is 19.2 Å². The van der Waals surface area contributed by atoms with Crippen LogP contribution in [0.1, 0.15) is 45.4 Å². The van der Waals surface area contributed by atoms with Gasteiger partial charge in [-0.25, -0.2) is 0 Å². The van der Waals surface area contributed by atoms with Crippen LogP contribution in [0.3, 0.4) is 0 Å². The topological polar surface area (TPSA) is 41.5 Å². The summed E-state index contributed by atoms with van der Waals surface area (Å²) in [4.78, 5) is 0. The molecule has 1 heterocycles. The first-order valence-electron chi connectivity index (χ1n) is 6.25. The summed E-state index contributed by atoms with van der Waals surface area (Å²) in [6, 6.07) is 0.291. The van der Waals surface area contributed by atoms with Crippen molar-refractivity contribution < 1.29 is 9.84 Å². The lowest BCUT2D eigenvalue weighted by Crippen LogP contribution is -2.48. The van der Waals surface area contributed by atoms with Crippen LogP contribution in [-0.4, -0.2) is 36.0 Å². The lowest BCUT2D eigenvalue weighted by molar-refractivity contribution is 0.00927. The molecule has 3 nitrogen and oxygen atoms in total. The van der Waals surface area contributed by atoms with E-state index in [4.69, 9.17) is 4.74 Å². The van der Waals surface area contributed by atoms with Crippen molar-refractivity contribution in [2.75, 3.05) is 13.2 Å². The summed E-state index contributed by atoms with van der Waals surface area (Å²) >= 11 is 0. The van der Waals surface area contributed by atoms with E-state index in [1.165, 1.54) is 19.3 Å². The summed E-state index contributed by atoms with van der Waals surface area (Å²) in [7, 11) is 0. The number of nitrogens with one attached hydrogen (secondary N) is 1. The molecule has 0 spiro atoms. The fourth-order valence-corrected chi connectivity index (χ4v) is 2.67.